The summed E-state index contributed by atoms with van der Waals surface area (Å²) in [6.07, 6.45) is -1.42. The van der Waals surface area contributed by atoms with E-state index in [0.717, 1.165) is 5.56 Å². The summed E-state index contributed by atoms with van der Waals surface area (Å²) in [6, 6.07) is 4.58. The summed E-state index contributed by atoms with van der Waals surface area (Å²) in [5, 5.41) is 0. The first kappa shape index (κ1) is 17.5. The molecular weight excluding hydrogens is 302 g/mol. The first-order chi connectivity index (χ1) is 10.7. The third-order valence-corrected chi connectivity index (χ3v) is 3.87. The predicted molar refractivity (Wildman–Crippen MR) is 85.6 cm³/mol. The summed E-state index contributed by atoms with van der Waals surface area (Å²) in [4.78, 5) is 13.7. The number of alkyl halides is 2. The fourth-order valence-electron chi connectivity index (χ4n) is 2.79. The van der Waals surface area contributed by atoms with Crippen molar-refractivity contribution < 1.29 is 18.3 Å². The lowest BCUT2D eigenvalue weighted by atomic mass is 9.88. The maximum atomic E-state index is 12.9. The molecule has 1 aliphatic rings. The Kier molecular flexibility index (Phi) is 5.12. The molecule has 128 valence electrons. The number of carbonyl (C=O) groups excluding carboxylic acids is 1. The Morgan fingerprint density at radius 3 is 2.39 bits per heavy atom. The van der Waals surface area contributed by atoms with Gasteiger partial charge in [-0.15, -0.1) is 0 Å². The van der Waals surface area contributed by atoms with E-state index in [0.29, 0.717) is 31.6 Å². The number of ether oxygens (including phenoxy) is 1. The molecule has 1 aromatic rings. The average Bonchev–Trinajstić information content (AvgIpc) is 2.45. The van der Waals surface area contributed by atoms with Gasteiger partial charge in [-0.1, -0.05) is 0 Å². The Morgan fingerprint density at radius 2 is 1.87 bits per heavy atom. The number of benzene rings is 1. The van der Waals surface area contributed by atoms with Gasteiger partial charge in [0.25, 0.3) is 6.43 Å². The van der Waals surface area contributed by atoms with E-state index in [9.17, 15) is 13.6 Å². The van der Waals surface area contributed by atoms with Crippen molar-refractivity contribution in [3.05, 3.63) is 29.3 Å². The van der Waals surface area contributed by atoms with Crippen LogP contribution in [0.4, 0.5) is 19.3 Å². The molecule has 2 N–H and O–H groups in total. The largest absolute Gasteiger partial charge is 0.444 e. The normalized spacial score (nSPS) is 16.7. The maximum absolute atomic E-state index is 12.9. The maximum Gasteiger partial charge on any atom is 0.410 e. The van der Waals surface area contributed by atoms with Gasteiger partial charge in [0.05, 0.1) is 0 Å². The molecule has 1 aromatic carbocycles. The second kappa shape index (κ2) is 6.72. The molecular formula is C17H24F2N2O2. The zero-order valence-corrected chi connectivity index (χ0v) is 13.8. The summed E-state index contributed by atoms with van der Waals surface area (Å²) in [5.74, 6) is 0.134. The van der Waals surface area contributed by atoms with E-state index in [1.165, 1.54) is 12.1 Å². The molecule has 0 aromatic heterocycles. The number of nitrogens with zero attached hydrogens (tertiary/aromatic N) is 1. The topological polar surface area (TPSA) is 55.6 Å². The van der Waals surface area contributed by atoms with Crippen molar-refractivity contribution in [3.63, 3.8) is 0 Å². The van der Waals surface area contributed by atoms with Crippen LogP contribution < -0.4 is 5.73 Å². The van der Waals surface area contributed by atoms with Gasteiger partial charge in [0.15, 0.2) is 0 Å². The van der Waals surface area contributed by atoms with Crippen LogP contribution in [-0.4, -0.2) is 29.7 Å². The molecule has 0 bridgehead atoms. The van der Waals surface area contributed by atoms with Crippen LogP contribution in [0.5, 0.6) is 0 Å². The number of amides is 1. The van der Waals surface area contributed by atoms with E-state index in [2.05, 4.69) is 0 Å². The number of nitrogen functional groups attached to an aromatic ring is 1. The third-order valence-electron chi connectivity index (χ3n) is 3.87. The molecule has 23 heavy (non-hydrogen) atoms. The molecule has 2 rings (SSSR count). The highest BCUT2D eigenvalue weighted by molar-refractivity contribution is 5.68. The van der Waals surface area contributed by atoms with Gasteiger partial charge >= 0.3 is 6.09 Å². The number of hydrogen-bond acceptors (Lipinski definition) is 3. The highest BCUT2D eigenvalue weighted by Gasteiger charge is 2.28. The first-order valence-electron chi connectivity index (χ1n) is 7.82. The fourth-order valence-corrected chi connectivity index (χ4v) is 2.79. The van der Waals surface area contributed by atoms with Crippen molar-refractivity contribution in [2.45, 2.75) is 51.6 Å². The molecule has 6 heteroatoms. The molecule has 1 saturated heterocycles. The van der Waals surface area contributed by atoms with Gasteiger partial charge in [-0.3, -0.25) is 0 Å². The minimum atomic E-state index is -2.53. The van der Waals surface area contributed by atoms with Gasteiger partial charge < -0.3 is 15.4 Å². The van der Waals surface area contributed by atoms with Gasteiger partial charge in [-0.05, 0) is 63.3 Å². The van der Waals surface area contributed by atoms with Crippen molar-refractivity contribution in [1.29, 1.82) is 0 Å². The molecule has 1 fully saturated rings. The van der Waals surface area contributed by atoms with E-state index >= 15 is 0 Å². The summed E-state index contributed by atoms with van der Waals surface area (Å²) >= 11 is 0. The number of likely N-dealkylation sites (tertiary alicyclic amines) is 1. The number of carbonyl (C=O) groups is 1. The molecule has 0 spiro atoms. The molecule has 1 aliphatic heterocycles. The fraction of sp³-hybridized carbons (Fsp3) is 0.588. The van der Waals surface area contributed by atoms with Crippen LogP contribution in [0.25, 0.3) is 0 Å². The Labute approximate surface area is 135 Å². The minimum Gasteiger partial charge on any atom is -0.444 e. The quantitative estimate of drug-likeness (QED) is 0.823. The lowest BCUT2D eigenvalue weighted by molar-refractivity contribution is 0.0205. The zero-order valence-electron chi connectivity index (χ0n) is 13.8. The third kappa shape index (κ3) is 4.81. The van der Waals surface area contributed by atoms with Crippen LogP contribution in [0.15, 0.2) is 18.2 Å². The van der Waals surface area contributed by atoms with Crippen molar-refractivity contribution in [2.24, 2.45) is 0 Å². The number of rotatable bonds is 2. The lowest BCUT2D eigenvalue weighted by Crippen LogP contribution is -2.41. The summed E-state index contributed by atoms with van der Waals surface area (Å²) in [5.41, 5.74) is 6.34. The molecule has 0 unspecified atom stereocenters. The molecule has 1 amide bonds. The number of nitrogens with two attached hydrogens (primary N) is 1. The lowest BCUT2D eigenvalue weighted by Gasteiger charge is -2.33. The van der Waals surface area contributed by atoms with Gasteiger partial charge in [-0.2, -0.15) is 0 Å². The Morgan fingerprint density at radius 1 is 1.26 bits per heavy atom. The first-order valence-corrected chi connectivity index (χ1v) is 7.82. The van der Waals surface area contributed by atoms with Crippen molar-refractivity contribution in [2.75, 3.05) is 18.8 Å². The highest BCUT2D eigenvalue weighted by Crippen LogP contribution is 2.32. The summed E-state index contributed by atoms with van der Waals surface area (Å²) in [6.45, 7) is 6.60. The zero-order chi connectivity index (χ0) is 17.2. The molecule has 0 atom stereocenters. The van der Waals surface area contributed by atoms with Gasteiger partial charge in [0.1, 0.15) is 5.60 Å². The second-order valence-electron chi connectivity index (χ2n) is 6.98. The number of halogens is 2. The smallest absolute Gasteiger partial charge is 0.410 e. The van der Waals surface area contributed by atoms with Crippen LogP contribution in [-0.2, 0) is 4.74 Å². The van der Waals surface area contributed by atoms with E-state index in [1.54, 1.807) is 11.0 Å². The molecule has 4 nitrogen and oxygen atoms in total. The van der Waals surface area contributed by atoms with Gasteiger partial charge in [0, 0.05) is 24.3 Å². The van der Waals surface area contributed by atoms with E-state index in [1.807, 2.05) is 20.8 Å². The van der Waals surface area contributed by atoms with Crippen LogP contribution in [0.3, 0.4) is 0 Å². The van der Waals surface area contributed by atoms with Crippen molar-refractivity contribution in [3.8, 4) is 0 Å². The Bertz CT molecular complexity index is 562. The van der Waals surface area contributed by atoms with Crippen LogP contribution >= 0.6 is 0 Å². The van der Waals surface area contributed by atoms with Crippen LogP contribution in [0.1, 0.15) is 57.1 Å². The molecule has 0 radical (unpaired) electrons. The summed E-state index contributed by atoms with van der Waals surface area (Å²) in [7, 11) is 0. The van der Waals surface area contributed by atoms with Crippen LogP contribution in [0, 0.1) is 0 Å². The van der Waals surface area contributed by atoms with Crippen molar-refractivity contribution in [1.82, 2.24) is 4.90 Å². The SMILES string of the molecule is CC(C)(C)OC(=O)N1CCC(c2cc(N)cc(C(F)F)c2)CC1. The predicted octanol–water partition coefficient (Wildman–Crippen LogP) is 4.32. The van der Waals surface area contributed by atoms with Crippen LogP contribution in [0.2, 0.25) is 0 Å². The standard InChI is InChI=1S/C17H24F2N2O2/c1-17(2,3)23-16(22)21-6-4-11(5-7-21)12-8-13(15(18)19)10-14(20)9-12/h8-11,15H,4-7,20H2,1-3H3. The minimum absolute atomic E-state index is 0.0467. The van der Waals surface area contributed by atoms with Crippen molar-refractivity contribution >= 4 is 11.8 Å². The highest BCUT2D eigenvalue weighted by atomic mass is 19.3. The average molecular weight is 326 g/mol. The summed E-state index contributed by atoms with van der Waals surface area (Å²) < 4.78 is 31.1. The Balaban J connectivity index is 2.01. The number of anilines is 1. The van der Waals surface area contributed by atoms with Gasteiger partial charge in [-0.25, -0.2) is 13.6 Å². The molecule has 0 saturated carbocycles. The Hall–Kier alpha value is -1.85. The number of hydrogen-bond donors (Lipinski definition) is 1. The van der Waals surface area contributed by atoms with E-state index in [-0.39, 0.29) is 17.6 Å². The van der Waals surface area contributed by atoms with E-state index in [4.69, 9.17) is 10.5 Å². The van der Waals surface area contributed by atoms with E-state index < -0.39 is 12.0 Å². The van der Waals surface area contributed by atoms with Gasteiger partial charge in [0.2, 0.25) is 0 Å². The second-order valence-corrected chi connectivity index (χ2v) is 6.98. The molecule has 0 aliphatic carbocycles. The number of piperidine rings is 1. The molecule has 1 heterocycles. The monoisotopic (exact) mass is 326 g/mol.